The van der Waals surface area contributed by atoms with Gasteiger partial charge in [-0.3, -0.25) is 9.59 Å². The van der Waals surface area contributed by atoms with Crippen LogP contribution in [0.25, 0.3) is 10.9 Å². The number of rotatable bonds is 7. The third-order valence-corrected chi connectivity index (χ3v) is 6.28. The molecule has 6 nitrogen and oxygen atoms in total. The van der Waals surface area contributed by atoms with Crippen molar-refractivity contribution >= 4 is 40.1 Å². The third kappa shape index (κ3) is 5.48. The smallest absolute Gasteiger partial charge is 0.261 e. The van der Waals surface area contributed by atoms with E-state index in [1.165, 1.54) is 38.5 Å². The molecular weight excluding hydrogens is 408 g/mol. The van der Waals surface area contributed by atoms with Gasteiger partial charge in [0.05, 0.1) is 0 Å². The SMILES string of the molecule is Cc1cc(NSCCN2CCCCC2)cc(NC(=O)c2c[nH]c3ccccc3c2=O)c1. The number of nitrogens with zero attached hydrogens (tertiary/aromatic N) is 1. The molecule has 1 aliphatic rings. The number of carbonyl (C=O) groups excluding carboxylic acids is 1. The van der Waals surface area contributed by atoms with E-state index in [2.05, 4.69) is 19.9 Å². The van der Waals surface area contributed by atoms with Crippen molar-refractivity contribution < 1.29 is 4.79 Å². The molecule has 4 rings (SSSR count). The fourth-order valence-electron chi connectivity index (χ4n) is 3.94. The van der Waals surface area contributed by atoms with E-state index in [1.807, 2.05) is 37.3 Å². The second-order valence-electron chi connectivity index (χ2n) is 7.97. The number of likely N-dealkylation sites (tertiary alicyclic amines) is 1. The van der Waals surface area contributed by atoms with Crippen LogP contribution in [0.1, 0.15) is 35.2 Å². The third-order valence-electron chi connectivity index (χ3n) is 5.52. The molecule has 3 aromatic rings. The summed E-state index contributed by atoms with van der Waals surface area (Å²) in [7, 11) is 0. The average Bonchev–Trinajstić information content (AvgIpc) is 2.77. The van der Waals surface area contributed by atoms with Gasteiger partial charge in [-0.1, -0.05) is 30.5 Å². The topological polar surface area (TPSA) is 77.2 Å². The van der Waals surface area contributed by atoms with Gasteiger partial charge in [-0.25, -0.2) is 0 Å². The number of aromatic nitrogens is 1. The Balaban J connectivity index is 1.39. The number of para-hydroxylation sites is 1. The normalized spacial score (nSPS) is 14.5. The van der Waals surface area contributed by atoms with Crippen LogP contribution >= 0.6 is 11.9 Å². The molecule has 31 heavy (non-hydrogen) atoms. The minimum Gasteiger partial charge on any atom is -0.360 e. The number of hydrogen-bond acceptors (Lipinski definition) is 5. The van der Waals surface area contributed by atoms with Crippen molar-refractivity contribution in [1.29, 1.82) is 0 Å². The highest BCUT2D eigenvalue weighted by Crippen LogP contribution is 2.22. The number of piperidine rings is 1. The van der Waals surface area contributed by atoms with Crippen LogP contribution in [-0.2, 0) is 0 Å². The number of aryl methyl sites for hydroxylation is 1. The lowest BCUT2D eigenvalue weighted by Gasteiger charge is -2.26. The Kier molecular flexibility index (Phi) is 6.94. The zero-order chi connectivity index (χ0) is 21.6. The Bertz CT molecular complexity index is 1120. The van der Waals surface area contributed by atoms with Gasteiger partial charge in [0.2, 0.25) is 5.43 Å². The van der Waals surface area contributed by atoms with Crippen LogP contribution in [0.2, 0.25) is 0 Å². The first-order valence-corrected chi connectivity index (χ1v) is 11.7. The molecule has 0 saturated carbocycles. The van der Waals surface area contributed by atoms with Gasteiger partial charge in [0.25, 0.3) is 5.91 Å². The van der Waals surface area contributed by atoms with Crippen LogP contribution in [0.3, 0.4) is 0 Å². The lowest BCUT2D eigenvalue weighted by molar-refractivity contribution is 0.102. The van der Waals surface area contributed by atoms with Gasteiger partial charge < -0.3 is 19.9 Å². The summed E-state index contributed by atoms with van der Waals surface area (Å²) in [4.78, 5) is 31.0. The Labute approximate surface area is 186 Å². The van der Waals surface area contributed by atoms with Crippen molar-refractivity contribution in [1.82, 2.24) is 9.88 Å². The highest BCUT2D eigenvalue weighted by Gasteiger charge is 2.14. The molecule has 0 aliphatic carbocycles. The lowest BCUT2D eigenvalue weighted by atomic mass is 10.1. The maximum Gasteiger partial charge on any atom is 0.261 e. The van der Waals surface area contributed by atoms with Crippen molar-refractivity contribution in [3.63, 3.8) is 0 Å². The number of aromatic amines is 1. The van der Waals surface area contributed by atoms with Gasteiger partial charge in [-0.15, -0.1) is 0 Å². The van der Waals surface area contributed by atoms with Crippen molar-refractivity contribution in [3.05, 3.63) is 70.0 Å². The van der Waals surface area contributed by atoms with E-state index in [9.17, 15) is 9.59 Å². The standard InChI is InChI=1S/C24H28N4O2S/c1-17-13-18(15-19(14-17)27-31-12-11-28-9-5-2-6-10-28)26-24(30)21-16-25-22-8-4-3-7-20(22)23(21)29/h3-4,7-8,13-16,27H,2,5-6,9-12H2,1H3,(H,25,29)(H,26,30). The van der Waals surface area contributed by atoms with Crippen LogP contribution in [0, 0.1) is 6.92 Å². The van der Waals surface area contributed by atoms with Crippen LogP contribution in [0.5, 0.6) is 0 Å². The predicted molar refractivity (Wildman–Crippen MR) is 130 cm³/mol. The minimum atomic E-state index is -0.415. The highest BCUT2D eigenvalue weighted by molar-refractivity contribution is 8.00. The summed E-state index contributed by atoms with van der Waals surface area (Å²) < 4.78 is 3.38. The molecule has 1 aromatic heterocycles. The fraction of sp³-hybridized carbons (Fsp3) is 0.333. The minimum absolute atomic E-state index is 0.102. The molecule has 2 aromatic carbocycles. The highest BCUT2D eigenvalue weighted by atomic mass is 32.2. The summed E-state index contributed by atoms with van der Waals surface area (Å²) in [6.45, 7) is 5.48. The Morgan fingerprint density at radius 1 is 1.10 bits per heavy atom. The molecule has 0 unspecified atom stereocenters. The molecule has 3 N–H and O–H groups in total. The number of pyridine rings is 1. The van der Waals surface area contributed by atoms with Gasteiger partial charge in [0.1, 0.15) is 5.56 Å². The average molecular weight is 437 g/mol. The van der Waals surface area contributed by atoms with Gasteiger partial charge in [0.15, 0.2) is 0 Å². The largest absolute Gasteiger partial charge is 0.360 e. The molecule has 0 spiro atoms. The number of H-pyrrole nitrogens is 1. The van der Waals surface area contributed by atoms with E-state index in [-0.39, 0.29) is 11.0 Å². The van der Waals surface area contributed by atoms with Gasteiger partial charge in [-0.2, -0.15) is 0 Å². The number of amides is 1. The Morgan fingerprint density at radius 2 is 1.87 bits per heavy atom. The van der Waals surface area contributed by atoms with E-state index in [4.69, 9.17) is 0 Å². The first-order chi connectivity index (χ1) is 15.1. The summed E-state index contributed by atoms with van der Waals surface area (Å²) in [6.07, 6.45) is 5.44. The van der Waals surface area contributed by atoms with E-state index in [1.54, 1.807) is 24.1 Å². The van der Waals surface area contributed by atoms with Gasteiger partial charge >= 0.3 is 0 Å². The number of hydrogen-bond donors (Lipinski definition) is 3. The maximum absolute atomic E-state index is 12.8. The summed E-state index contributed by atoms with van der Waals surface area (Å²) in [5, 5.41) is 3.38. The molecule has 2 heterocycles. The zero-order valence-electron chi connectivity index (χ0n) is 17.7. The second kappa shape index (κ2) is 10.0. The molecule has 0 bridgehead atoms. The Morgan fingerprint density at radius 3 is 2.71 bits per heavy atom. The van der Waals surface area contributed by atoms with Crippen LogP contribution in [-0.4, -0.2) is 41.2 Å². The van der Waals surface area contributed by atoms with Crippen molar-refractivity contribution in [3.8, 4) is 0 Å². The maximum atomic E-state index is 12.8. The summed E-state index contributed by atoms with van der Waals surface area (Å²) in [6, 6.07) is 13.0. The molecule has 1 saturated heterocycles. The molecule has 7 heteroatoms. The van der Waals surface area contributed by atoms with Crippen molar-refractivity contribution in [2.24, 2.45) is 0 Å². The molecule has 1 fully saturated rings. The fourth-order valence-corrected chi connectivity index (χ4v) is 4.68. The molecular formula is C24H28N4O2S. The molecule has 1 amide bonds. The van der Waals surface area contributed by atoms with Crippen molar-refractivity contribution in [2.45, 2.75) is 26.2 Å². The molecule has 162 valence electrons. The molecule has 0 atom stereocenters. The number of carbonyl (C=O) groups is 1. The van der Waals surface area contributed by atoms with E-state index < -0.39 is 5.91 Å². The molecule has 1 aliphatic heterocycles. The lowest BCUT2D eigenvalue weighted by Crippen LogP contribution is -2.31. The quantitative estimate of drug-likeness (QED) is 0.372. The van der Waals surface area contributed by atoms with Gasteiger partial charge in [0, 0.05) is 40.8 Å². The van der Waals surface area contributed by atoms with Crippen LogP contribution in [0.15, 0.2) is 53.5 Å². The van der Waals surface area contributed by atoms with Gasteiger partial charge in [-0.05, 0) is 68.8 Å². The first kappa shape index (κ1) is 21.5. The van der Waals surface area contributed by atoms with E-state index >= 15 is 0 Å². The summed E-state index contributed by atoms with van der Waals surface area (Å²) in [5.74, 6) is 0.587. The summed E-state index contributed by atoms with van der Waals surface area (Å²) >= 11 is 1.68. The monoisotopic (exact) mass is 436 g/mol. The predicted octanol–water partition coefficient (Wildman–Crippen LogP) is 4.63. The number of benzene rings is 2. The Hall–Kier alpha value is -2.77. The second-order valence-corrected chi connectivity index (χ2v) is 8.87. The van der Waals surface area contributed by atoms with E-state index in [0.29, 0.717) is 16.6 Å². The van der Waals surface area contributed by atoms with Crippen LogP contribution < -0.4 is 15.5 Å². The molecule has 0 radical (unpaired) electrons. The zero-order valence-corrected chi connectivity index (χ0v) is 18.6. The number of fused-ring (bicyclic) bond motifs is 1. The number of anilines is 2. The van der Waals surface area contributed by atoms with Crippen LogP contribution in [0.4, 0.5) is 11.4 Å². The van der Waals surface area contributed by atoms with E-state index in [0.717, 1.165) is 23.5 Å². The number of nitrogens with one attached hydrogen (secondary N) is 3. The first-order valence-electron chi connectivity index (χ1n) is 10.7. The summed E-state index contributed by atoms with van der Waals surface area (Å²) in [5.41, 5.74) is 3.18. The van der Waals surface area contributed by atoms with Crippen molar-refractivity contribution in [2.75, 3.05) is 35.4 Å².